The fourth-order valence-corrected chi connectivity index (χ4v) is 7.89. The van der Waals surface area contributed by atoms with Crippen molar-refractivity contribution in [2.24, 2.45) is 0 Å². The number of rotatable bonds is 6. The highest BCUT2D eigenvalue weighted by Gasteiger charge is 2.32. The molecular weight excluding hydrogens is 236 g/mol. The summed E-state index contributed by atoms with van der Waals surface area (Å²) in [6, 6.07) is 0. The maximum Gasteiger partial charge on any atom is 0.332 e. The Bertz CT molecular complexity index is 296. The highest BCUT2D eigenvalue weighted by atomic mass is 28.4. The second-order valence-electron chi connectivity index (χ2n) is 5.03. The molecule has 0 aliphatic rings. The number of hydrogen-bond donors (Lipinski definition) is 0. The number of esters is 1. The molecule has 0 aromatic carbocycles. The van der Waals surface area contributed by atoms with Gasteiger partial charge in [-0.15, -0.1) is 6.58 Å². The van der Waals surface area contributed by atoms with Crippen molar-refractivity contribution < 1.29 is 13.6 Å². The van der Waals surface area contributed by atoms with Crippen LogP contribution in [0.25, 0.3) is 0 Å². The highest BCUT2D eigenvalue weighted by Crippen LogP contribution is 2.15. The second kappa shape index (κ2) is 5.61. The summed E-state index contributed by atoms with van der Waals surface area (Å²) in [5, 5.41) is 0. The Morgan fingerprint density at radius 3 is 2.19 bits per heavy atom. The number of carbonyl (C=O) groups is 1. The van der Waals surface area contributed by atoms with Gasteiger partial charge in [0, 0.05) is 5.57 Å². The smallest absolute Gasteiger partial charge is 0.332 e. The van der Waals surface area contributed by atoms with E-state index in [2.05, 4.69) is 26.3 Å². The van der Waals surface area contributed by atoms with Gasteiger partial charge in [-0.05, 0) is 33.1 Å². The number of ether oxygens (including phenoxy) is 1. The van der Waals surface area contributed by atoms with E-state index in [-0.39, 0.29) is 5.97 Å². The van der Waals surface area contributed by atoms with Gasteiger partial charge in [0.1, 0.15) is 6.23 Å². The normalized spacial score (nSPS) is 12.1. The van der Waals surface area contributed by atoms with Crippen molar-refractivity contribution in [3.63, 3.8) is 0 Å². The SMILES string of the molecule is C=C[Si](C)(C)O[Si](C)(C)COC(=O)C(=C)C. The van der Waals surface area contributed by atoms with Gasteiger partial charge < -0.3 is 8.85 Å². The minimum atomic E-state index is -1.96. The van der Waals surface area contributed by atoms with Crippen LogP contribution in [0.2, 0.25) is 26.2 Å². The summed E-state index contributed by atoms with van der Waals surface area (Å²) in [6.45, 7) is 17.2. The first-order valence-electron chi connectivity index (χ1n) is 5.26. The molecule has 0 aliphatic heterocycles. The highest BCUT2D eigenvalue weighted by molar-refractivity contribution is 6.87. The van der Waals surface area contributed by atoms with Crippen molar-refractivity contribution >= 4 is 22.6 Å². The molecule has 0 aromatic rings. The third-order valence-corrected chi connectivity index (χ3v) is 8.07. The van der Waals surface area contributed by atoms with Gasteiger partial charge in [0.15, 0.2) is 8.32 Å². The van der Waals surface area contributed by atoms with E-state index in [9.17, 15) is 4.79 Å². The zero-order valence-electron chi connectivity index (χ0n) is 10.9. The first kappa shape index (κ1) is 15.3. The Balaban J connectivity index is 4.31. The molecule has 0 saturated carbocycles. The van der Waals surface area contributed by atoms with E-state index in [0.29, 0.717) is 11.8 Å². The Labute approximate surface area is 100 Å². The van der Waals surface area contributed by atoms with Crippen LogP contribution < -0.4 is 0 Å². The molecule has 0 fully saturated rings. The first-order valence-corrected chi connectivity index (χ1v) is 11.4. The van der Waals surface area contributed by atoms with Gasteiger partial charge in [0.2, 0.25) is 8.32 Å². The van der Waals surface area contributed by atoms with Crippen molar-refractivity contribution in [3.8, 4) is 0 Å². The molecule has 0 N–H and O–H groups in total. The summed E-state index contributed by atoms with van der Waals surface area (Å²) in [6.07, 6.45) is 0.364. The summed E-state index contributed by atoms with van der Waals surface area (Å²) < 4.78 is 11.2. The molecule has 0 rings (SSSR count). The Hall–Kier alpha value is -0.656. The first-order chi connectivity index (χ1) is 7.09. The molecule has 3 nitrogen and oxygen atoms in total. The molecule has 16 heavy (non-hydrogen) atoms. The van der Waals surface area contributed by atoms with E-state index >= 15 is 0 Å². The molecule has 0 atom stereocenters. The van der Waals surface area contributed by atoms with Crippen LogP contribution in [-0.2, 0) is 13.6 Å². The quantitative estimate of drug-likeness (QED) is 0.417. The lowest BCUT2D eigenvalue weighted by molar-refractivity contribution is -0.137. The maximum absolute atomic E-state index is 11.3. The summed E-state index contributed by atoms with van der Waals surface area (Å²) in [5.41, 5.74) is 2.31. The Kier molecular flexibility index (Phi) is 5.38. The topological polar surface area (TPSA) is 35.5 Å². The molecule has 5 heteroatoms. The zero-order chi connectivity index (χ0) is 13.0. The third-order valence-electron chi connectivity index (χ3n) is 1.93. The van der Waals surface area contributed by atoms with Crippen LogP contribution in [-0.4, -0.2) is 28.8 Å². The molecule has 0 aromatic heterocycles. The van der Waals surface area contributed by atoms with E-state index in [1.807, 2.05) is 18.8 Å². The molecule has 92 valence electrons. The predicted octanol–water partition coefficient (Wildman–Crippen LogP) is 2.80. The average molecular weight is 258 g/mol. The van der Waals surface area contributed by atoms with Gasteiger partial charge in [-0.2, -0.15) is 0 Å². The predicted molar refractivity (Wildman–Crippen MR) is 72.0 cm³/mol. The lowest BCUT2D eigenvalue weighted by atomic mass is 10.4. The largest absolute Gasteiger partial charge is 0.463 e. The fourth-order valence-electron chi connectivity index (χ4n) is 1.15. The van der Waals surface area contributed by atoms with Gasteiger partial charge in [0.25, 0.3) is 0 Å². The summed E-state index contributed by atoms with van der Waals surface area (Å²) >= 11 is 0. The van der Waals surface area contributed by atoms with E-state index in [1.54, 1.807) is 6.92 Å². The Morgan fingerprint density at radius 1 is 1.31 bits per heavy atom. The van der Waals surface area contributed by atoms with Gasteiger partial charge in [-0.25, -0.2) is 4.79 Å². The molecule has 0 radical (unpaired) electrons. The van der Waals surface area contributed by atoms with E-state index in [1.165, 1.54) is 0 Å². The molecular formula is C11H22O3Si2. The summed E-state index contributed by atoms with van der Waals surface area (Å²) in [5.74, 6) is -0.345. The molecule has 0 unspecified atom stereocenters. The molecule has 0 spiro atoms. The van der Waals surface area contributed by atoms with Crippen LogP contribution in [0.15, 0.2) is 24.4 Å². The summed E-state index contributed by atoms with van der Waals surface area (Å²) in [7, 11) is -3.76. The second-order valence-corrected chi connectivity index (χ2v) is 13.3. The molecule has 0 amide bonds. The number of carbonyl (C=O) groups excluding carboxylic acids is 1. The van der Waals surface area contributed by atoms with Crippen LogP contribution in [0.4, 0.5) is 0 Å². The summed E-state index contributed by atoms with van der Waals surface area (Å²) in [4.78, 5) is 11.3. The third kappa shape index (κ3) is 6.04. The number of hydrogen-bond acceptors (Lipinski definition) is 3. The monoisotopic (exact) mass is 258 g/mol. The van der Waals surface area contributed by atoms with E-state index in [4.69, 9.17) is 8.85 Å². The van der Waals surface area contributed by atoms with E-state index in [0.717, 1.165) is 0 Å². The minimum Gasteiger partial charge on any atom is -0.463 e. The van der Waals surface area contributed by atoms with Crippen molar-refractivity contribution in [2.75, 3.05) is 6.23 Å². The molecule has 0 bridgehead atoms. The lowest BCUT2D eigenvalue weighted by Crippen LogP contribution is -2.47. The van der Waals surface area contributed by atoms with Crippen molar-refractivity contribution in [2.45, 2.75) is 33.1 Å². The zero-order valence-corrected chi connectivity index (χ0v) is 12.9. The van der Waals surface area contributed by atoms with Crippen LogP contribution in [0, 0.1) is 0 Å². The average Bonchev–Trinajstić information content (AvgIpc) is 2.12. The van der Waals surface area contributed by atoms with Crippen LogP contribution in [0.1, 0.15) is 6.92 Å². The van der Waals surface area contributed by atoms with Gasteiger partial charge in [0.05, 0.1) is 0 Å². The van der Waals surface area contributed by atoms with Crippen molar-refractivity contribution in [1.82, 2.24) is 0 Å². The standard InChI is InChI=1S/C11H22O3Si2/c1-8-15(4,5)14-16(6,7)9-13-11(12)10(2)3/h8H,1-2,9H2,3-7H3. The van der Waals surface area contributed by atoms with Crippen molar-refractivity contribution in [1.29, 1.82) is 0 Å². The molecule has 0 saturated heterocycles. The Morgan fingerprint density at radius 2 is 1.81 bits per heavy atom. The van der Waals surface area contributed by atoms with Gasteiger partial charge in [-0.3, -0.25) is 0 Å². The van der Waals surface area contributed by atoms with Crippen LogP contribution >= 0.6 is 0 Å². The fraction of sp³-hybridized carbons (Fsp3) is 0.545. The lowest BCUT2D eigenvalue weighted by Gasteiger charge is -2.31. The molecule has 0 heterocycles. The molecule has 0 aliphatic carbocycles. The minimum absolute atomic E-state index is 0.345. The van der Waals surface area contributed by atoms with E-state index < -0.39 is 16.6 Å². The van der Waals surface area contributed by atoms with Gasteiger partial charge in [-0.1, -0.05) is 12.3 Å². The van der Waals surface area contributed by atoms with Crippen LogP contribution in [0.5, 0.6) is 0 Å². The maximum atomic E-state index is 11.3. The van der Waals surface area contributed by atoms with Gasteiger partial charge >= 0.3 is 5.97 Å². The van der Waals surface area contributed by atoms with Crippen molar-refractivity contribution in [3.05, 3.63) is 24.4 Å². The van der Waals surface area contributed by atoms with Crippen LogP contribution in [0.3, 0.4) is 0 Å².